The van der Waals surface area contributed by atoms with Gasteiger partial charge in [0, 0.05) is 30.4 Å². The standard InChI is InChI=1S/C21H20F3N7O2S/c22-21(23,24)15-3-1-6-18(11-15)34(32,33)31(20-8-10-30-19(28-20)7-9-27-30)17-5-2-4-16(12-17)29-13-25-26-14-29/h1,3,6-11,13-14,16-17H,2,4-5,12H2/t16-,17+/m1/s1. The molecule has 34 heavy (non-hydrogen) atoms. The van der Waals surface area contributed by atoms with Gasteiger partial charge in [-0.3, -0.25) is 0 Å². The first-order valence-corrected chi connectivity index (χ1v) is 12.0. The second-order valence-corrected chi connectivity index (χ2v) is 9.94. The predicted molar refractivity (Wildman–Crippen MR) is 115 cm³/mol. The summed E-state index contributed by atoms with van der Waals surface area (Å²) in [5.41, 5.74) is -0.605. The molecule has 4 aromatic rings. The molecule has 1 saturated carbocycles. The Morgan fingerprint density at radius 1 is 1.06 bits per heavy atom. The average molecular weight is 491 g/mol. The van der Waals surface area contributed by atoms with E-state index in [0.29, 0.717) is 24.6 Å². The molecule has 1 aliphatic rings. The first kappa shape index (κ1) is 22.3. The van der Waals surface area contributed by atoms with E-state index in [9.17, 15) is 21.6 Å². The summed E-state index contributed by atoms with van der Waals surface area (Å²) in [6.45, 7) is 0. The third kappa shape index (κ3) is 4.11. The second kappa shape index (κ2) is 8.38. The molecule has 2 atom stereocenters. The fraction of sp³-hybridized carbons (Fsp3) is 0.333. The maximum absolute atomic E-state index is 13.8. The smallest absolute Gasteiger partial charge is 0.317 e. The Kier molecular flexibility index (Phi) is 5.50. The zero-order valence-corrected chi connectivity index (χ0v) is 18.6. The lowest BCUT2D eigenvalue weighted by molar-refractivity contribution is -0.137. The molecular formula is C21H20F3N7O2S. The van der Waals surface area contributed by atoms with Crippen molar-refractivity contribution in [3.63, 3.8) is 0 Å². The summed E-state index contributed by atoms with van der Waals surface area (Å²) in [7, 11) is -4.38. The summed E-state index contributed by atoms with van der Waals surface area (Å²) >= 11 is 0. The van der Waals surface area contributed by atoms with Crippen LogP contribution < -0.4 is 4.31 Å². The third-order valence-electron chi connectivity index (χ3n) is 6.00. The summed E-state index contributed by atoms with van der Waals surface area (Å²) in [6.07, 6.45) is 4.08. The van der Waals surface area contributed by atoms with E-state index in [1.807, 2.05) is 4.57 Å². The highest BCUT2D eigenvalue weighted by Crippen LogP contribution is 2.37. The number of benzene rings is 1. The molecule has 0 bridgehead atoms. The minimum Gasteiger partial charge on any atom is -0.317 e. The summed E-state index contributed by atoms with van der Waals surface area (Å²) < 4.78 is 72.2. The summed E-state index contributed by atoms with van der Waals surface area (Å²) in [6, 6.07) is 6.34. The van der Waals surface area contributed by atoms with Gasteiger partial charge in [0.15, 0.2) is 5.65 Å². The molecule has 0 amide bonds. The van der Waals surface area contributed by atoms with Crippen LogP contribution in [0.15, 0.2) is 66.3 Å². The van der Waals surface area contributed by atoms with Gasteiger partial charge in [-0.05, 0) is 43.9 Å². The maximum atomic E-state index is 13.8. The van der Waals surface area contributed by atoms with Crippen LogP contribution in [0.5, 0.6) is 0 Å². The monoisotopic (exact) mass is 491 g/mol. The number of aromatic nitrogens is 6. The van der Waals surface area contributed by atoms with Gasteiger partial charge in [0.2, 0.25) is 0 Å². The number of rotatable bonds is 5. The molecule has 9 nitrogen and oxygen atoms in total. The number of alkyl halides is 3. The Bertz CT molecular complexity index is 1400. The van der Waals surface area contributed by atoms with E-state index in [4.69, 9.17) is 0 Å². The van der Waals surface area contributed by atoms with Crippen LogP contribution in [0, 0.1) is 0 Å². The van der Waals surface area contributed by atoms with Gasteiger partial charge in [0.05, 0.1) is 16.7 Å². The molecule has 0 spiro atoms. The Balaban J connectivity index is 1.60. The minimum absolute atomic E-state index is 0.0494. The Morgan fingerprint density at radius 2 is 1.85 bits per heavy atom. The maximum Gasteiger partial charge on any atom is 0.416 e. The first-order chi connectivity index (χ1) is 16.2. The minimum atomic E-state index is -4.67. The summed E-state index contributed by atoms with van der Waals surface area (Å²) in [5, 5.41) is 11.8. The topological polar surface area (TPSA) is 98.3 Å². The largest absolute Gasteiger partial charge is 0.416 e. The third-order valence-corrected chi connectivity index (χ3v) is 7.85. The highest BCUT2D eigenvalue weighted by molar-refractivity contribution is 7.92. The number of sulfonamides is 1. The van der Waals surface area contributed by atoms with Crippen LogP contribution >= 0.6 is 0 Å². The number of hydrogen-bond acceptors (Lipinski definition) is 6. The lowest BCUT2D eigenvalue weighted by atomic mass is 9.91. The fourth-order valence-corrected chi connectivity index (χ4v) is 6.08. The van der Waals surface area contributed by atoms with Gasteiger partial charge in [0.25, 0.3) is 10.0 Å². The zero-order valence-electron chi connectivity index (χ0n) is 17.7. The van der Waals surface area contributed by atoms with E-state index in [0.717, 1.165) is 29.3 Å². The van der Waals surface area contributed by atoms with Crippen LogP contribution in [0.4, 0.5) is 19.0 Å². The number of nitrogens with zero attached hydrogens (tertiary/aromatic N) is 7. The Morgan fingerprint density at radius 3 is 2.62 bits per heavy atom. The molecule has 1 fully saturated rings. The van der Waals surface area contributed by atoms with Gasteiger partial charge in [-0.15, -0.1) is 10.2 Å². The fourth-order valence-electron chi connectivity index (χ4n) is 4.40. The van der Waals surface area contributed by atoms with Gasteiger partial charge >= 0.3 is 6.18 Å². The molecule has 13 heteroatoms. The van der Waals surface area contributed by atoms with E-state index in [2.05, 4.69) is 20.3 Å². The normalized spacial score (nSPS) is 19.4. The predicted octanol–water partition coefficient (Wildman–Crippen LogP) is 3.72. The van der Waals surface area contributed by atoms with Crippen molar-refractivity contribution >= 4 is 21.5 Å². The highest BCUT2D eigenvalue weighted by atomic mass is 32.2. The average Bonchev–Trinajstić information content (AvgIpc) is 3.51. The van der Waals surface area contributed by atoms with Crippen molar-refractivity contribution in [1.29, 1.82) is 0 Å². The van der Waals surface area contributed by atoms with Crippen molar-refractivity contribution in [3.05, 3.63) is 67.0 Å². The molecule has 3 heterocycles. The van der Waals surface area contributed by atoms with E-state index in [1.165, 1.54) is 22.8 Å². The van der Waals surface area contributed by atoms with Crippen molar-refractivity contribution in [2.24, 2.45) is 0 Å². The molecule has 0 N–H and O–H groups in total. The second-order valence-electron chi connectivity index (χ2n) is 8.13. The van der Waals surface area contributed by atoms with E-state index in [1.54, 1.807) is 24.9 Å². The van der Waals surface area contributed by atoms with Gasteiger partial charge in [-0.1, -0.05) is 6.07 Å². The van der Waals surface area contributed by atoms with Crippen LogP contribution in [0.2, 0.25) is 0 Å². The Labute approximate surface area is 192 Å². The number of fused-ring (bicyclic) bond motifs is 1. The molecule has 0 unspecified atom stereocenters. The van der Waals surface area contributed by atoms with Crippen molar-refractivity contribution in [2.45, 2.75) is 48.8 Å². The Hall–Kier alpha value is -3.48. The highest BCUT2D eigenvalue weighted by Gasteiger charge is 2.38. The van der Waals surface area contributed by atoms with Crippen molar-refractivity contribution in [2.75, 3.05) is 4.31 Å². The van der Waals surface area contributed by atoms with Gasteiger partial charge in [-0.25, -0.2) is 22.2 Å². The van der Waals surface area contributed by atoms with Crippen LogP contribution in [0.25, 0.3) is 5.65 Å². The quantitative estimate of drug-likeness (QED) is 0.422. The molecule has 1 aliphatic carbocycles. The zero-order chi connectivity index (χ0) is 23.9. The van der Waals surface area contributed by atoms with Crippen molar-refractivity contribution in [1.82, 2.24) is 29.4 Å². The molecule has 0 saturated heterocycles. The van der Waals surface area contributed by atoms with Gasteiger partial charge in [-0.2, -0.15) is 18.3 Å². The van der Waals surface area contributed by atoms with Crippen LogP contribution in [0.3, 0.4) is 0 Å². The van der Waals surface area contributed by atoms with E-state index < -0.39 is 32.7 Å². The lowest BCUT2D eigenvalue weighted by Gasteiger charge is -2.37. The summed E-state index contributed by atoms with van der Waals surface area (Å²) in [5.74, 6) is 0.125. The van der Waals surface area contributed by atoms with Crippen molar-refractivity contribution < 1.29 is 21.6 Å². The van der Waals surface area contributed by atoms with E-state index in [-0.39, 0.29) is 11.9 Å². The van der Waals surface area contributed by atoms with Crippen LogP contribution in [0.1, 0.15) is 37.3 Å². The molecule has 1 aromatic carbocycles. The lowest BCUT2D eigenvalue weighted by Crippen LogP contribution is -2.44. The van der Waals surface area contributed by atoms with Crippen molar-refractivity contribution in [3.8, 4) is 0 Å². The van der Waals surface area contributed by atoms with Gasteiger partial charge in [0.1, 0.15) is 18.5 Å². The number of halogens is 3. The number of anilines is 1. The summed E-state index contributed by atoms with van der Waals surface area (Å²) in [4.78, 5) is 4.01. The number of hydrogen-bond donors (Lipinski definition) is 0. The van der Waals surface area contributed by atoms with Crippen LogP contribution in [-0.4, -0.2) is 43.8 Å². The van der Waals surface area contributed by atoms with E-state index >= 15 is 0 Å². The molecule has 178 valence electrons. The first-order valence-electron chi connectivity index (χ1n) is 10.6. The molecular weight excluding hydrogens is 471 g/mol. The molecule has 0 aliphatic heterocycles. The molecule has 3 aromatic heterocycles. The van der Waals surface area contributed by atoms with Gasteiger partial charge < -0.3 is 4.57 Å². The SMILES string of the molecule is O=S(=O)(c1cccc(C(F)(F)F)c1)N(c1ccn2nccc2n1)[C@H]1CCC[C@@H](n2cnnc2)C1. The molecule has 5 rings (SSSR count). The molecule has 0 radical (unpaired) electrons. The van der Waals surface area contributed by atoms with Crippen LogP contribution in [-0.2, 0) is 16.2 Å².